The Kier molecular flexibility index (Phi) is 5.81. The van der Waals surface area contributed by atoms with E-state index in [4.69, 9.17) is 4.74 Å². The van der Waals surface area contributed by atoms with E-state index in [1.807, 2.05) is 6.92 Å². The number of amides is 1. The van der Waals surface area contributed by atoms with Crippen LogP contribution >= 0.6 is 0 Å². The zero-order chi connectivity index (χ0) is 17.6. The van der Waals surface area contributed by atoms with E-state index in [-0.39, 0.29) is 11.7 Å². The van der Waals surface area contributed by atoms with Crippen molar-refractivity contribution in [3.05, 3.63) is 54.1 Å². The highest BCUT2D eigenvalue weighted by molar-refractivity contribution is 7.92. The van der Waals surface area contributed by atoms with E-state index in [1.54, 1.807) is 49.4 Å². The number of anilines is 2. The maximum atomic E-state index is 12.3. The fourth-order valence-electron chi connectivity index (χ4n) is 1.98. The lowest BCUT2D eigenvalue weighted by molar-refractivity contribution is 0.102. The summed E-state index contributed by atoms with van der Waals surface area (Å²) in [5.41, 5.74) is 1.35. The molecule has 0 saturated heterocycles. The summed E-state index contributed by atoms with van der Waals surface area (Å²) in [6.07, 6.45) is 0. The van der Waals surface area contributed by atoms with Crippen LogP contribution in [0.25, 0.3) is 0 Å². The van der Waals surface area contributed by atoms with Crippen LogP contribution in [0.5, 0.6) is 5.75 Å². The van der Waals surface area contributed by atoms with E-state index >= 15 is 0 Å². The Balaban J connectivity index is 2.09. The standard InChI is InChI=1S/C17H20N2O4S/c1-3-23-16-10-8-14(9-11-16)18-17(20)13-6-5-7-15(12-13)19-24(21,22)4-2/h5-12,19H,3-4H2,1-2H3,(H,18,20). The zero-order valence-corrected chi connectivity index (χ0v) is 14.4. The monoisotopic (exact) mass is 348 g/mol. The van der Waals surface area contributed by atoms with E-state index in [0.29, 0.717) is 23.5 Å². The minimum atomic E-state index is -3.38. The second kappa shape index (κ2) is 7.83. The number of hydrogen-bond acceptors (Lipinski definition) is 4. The molecule has 0 aromatic heterocycles. The average molecular weight is 348 g/mol. The predicted molar refractivity (Wildman–Crippen MR) is 95.1 cm³/mol. The first-order valence-corrected chi connectivity index (χ1v) is 9.23. The molecule has 0 heterocycles. The molecular weight excluding hydrogens is 328 g/mol. The maximum Gasteiger partial charge on any atom is 0.255 e. The van der Waals surface area contributed by atoms with Gasteiger partial charge in [-0.2, -0.15) is 0 Å². The molecule has 0 aliphatic carbocycles. The van der Waals surface area contributed by atoms with Gasteiger partial charge in [-0.1, -0.05) is 6.07 Å². The number of ether oxygens (including phenoxy) is 1. The highest BCUT2D eigenvalue weighted by atomic mass is 32.2. The minimum Gasteiger partial charge on any atom is -0.494 e. The molecule has 24 heavy (non-hydrogen) atoms. The SMILES string of the molecule is CCOc1ccc(NC(=O)c2cccc(NS(=O)(=O)CC)c2)cc1. The molecule has 128 valence electrons. The van der Waals surface area contributed by atoms with Crippen LogP contribution in [-0.2, 0) is 10.0 Å². The van der Waals surface area contributed by atoms with Gasteiger partial charge in [-0.3, -0.25) is 9.52 Å². The molecule has 0 saturated carbocycles. The molecule has 0 radical (unpaired) electrons. The smallest absolute Gasteiger partial charge is 0.255 e. The fourth-order valence-corrected chi connectivity index (χ4v) is 2.61. The van der Waals surface area contributed by atoms with Crippen LogP contribution in [-0.4, -0.2) is 26.7 Å². The predicted octanol–water partition coefficient (Wildman–Crippen LogP) is 3.10. The van der Waals surface area contributed by atoms with E-state index in [1.165, 1.54) is 6.07 Å². The second-order valence-corrected chi connectivity index (χ2v) is 7.01. The highest BCUT2D eigenvalue weighted by Crippen LogP contribution is 2.18. The lowest BCUT2D eigenvalue weighted by Crippen LogP contribution is -2.16. The fraction of sp³-hybridized carbons (Fsp3) is 0.235. The topological polar surface area (TPSA) is 84.5 Å². The first kappa shape index (κ1) is 17.8. The largest absolute Gasteiger partial charge is 0.494 e. The molecule has 0 atom stereocenters. The zero-order valence-electron chi connectivity index (χ0n) is 13.6. The molecule has 7 heteroatoms. The van der Waals surface area contributed by atoms with Gasteiger partial charge in [0.25, 0.3) is 5.91 Å². The van der Waals surface area contributed by atoms with Crippen molar-refractivity contribution >= 4 is 27.3 Å². The summed E-state index contributed by atoms with van der Waals surface area (Å²) in [5.74, 6) is 0.374. The molecule has 6 nitrogen and oxygen atoms in total. The van der Waals surface area contributed by atoms with E-state index in [0.717, 1.165) is 5.75 Å². The molecule has 1 amide bonds. The molecular formula is C17H20N2O4S. The van der Waals surface area contributed by atoms with Gasteiger partial charge >= 0.3 is 0 Å². The van der Waals surface area contributed by atoms with Gasteiger partial charge in [-0.05, 0) is 56.3 Å². The summed E-state index contributed by atoms with van der Waals surface area (Å²) in [5, 5.41) is 2.76. The maximum absolute atomic E-state index is 12.3. The first-order chi connectivity index (χ1) is 11.4. The molecule has 2 aromatic rings. The third-order valence-corrected chi connectivity index (χ3v) is 4.51. The average Bonchev–Trinajstić information content (AvgIpc) is 2.57. The minimum absolute atomic E-state index is 0.0321. The Morgan fingerprint density at radius 1 is 1.04 bits per heavy atom. The van der Waals surface area contributed by atoms with Crippen molar-refractivity contribution < 1.29 is 17.9 Å². The normalized spacial score (nSPS) is 10.9. The van der Waals surface area contributed by atoms with Crippen LogP contribution in [0.15, 0.2) is 48.5 Å². The van der Waals surface area contributed by atoms with Gasteiger partial charge < -0.3 is 10.1 Å². The number of nitrogens with one attached hydrogen (secondary N) is 2. The van der Waals surface area contributed by atoms with Crippen LogP contribution in [0, 0.1) is 0 Å². The van der Waals surface area contributed by atoms with E-state index in [9.17, 15) is 13.2 Å². The number of sulfonamides is 1. The Morgan fingerprint density at radius 2 is 1.75 bits per heavy atom. The first-order valence-electron chi connectivity index (χ1n) is 7.58. The summed E-state index contributed by atoms with van der Waals surface area (Å²) in [6, 6.07) is 13.4. The Morgan fingerprint density at radius 3 is 2.38 bits per heavy atom. The Bertz CT molecular complexity index is 802. The molecule has 0 bridgehead atoms. The second-order valence-electron chi connectivity index (χ2n) is 5.00. The Hall–Kier alpha value is -2.54. The molecule has 2 aromatic carbocycles. The molecule has 0 spiro atoms. The van der Waals surface area contributed by atoms with E-state index < -0.39 is 10.0 Å². The number of hydrogen-bond donors (Lipinski definition) is 2. The van der Waals surface area contributed by atoms with Crippen LogP contribution in [0.2, 0.25) is 0 Å². The van der Waals surface area contributed by atoms with Gasteiger partial charge in [0.1, 0.15) is 5.75 Å². The van der Waals surface area contributed by atoms with Crippen molar-refractivity contribution in [2.24, 2.45) is 0 Å². The van der Waals surface area contributed by atoms with Crippen LogP contribution in [0.1, 0.15) is 24.2 Å². The van der Waals surface area contributed by atoms with Gasteiger partial charge in [0.05, 0.1) is 12.4 Å². The van der Waals surface area contributed by atoms with Crippen LogP contribution in [0.3, 0.4) is 0 Å². The quantitative estimate of drug-likeness (QED) is 0.805. The lowest BCUT2D eigenvalue weighted by Gasteiger charge is -2.09. The summed E-state index contributed by atoms with van der Waals surface area (Å²) < 4.78 is 31.0. The van der Waals surface area contributed by atoms with Crippen molar-refractivity contribution in [1.29, 1.82) is 0 Å². The van der Waals surface area contributed by atoms with Gasteiger partial charge in [-0.25, -0.2) is 8.42 Å². The van der Waals surface area contributed by atoms with Crippen molar-refractivity contribution in [2.75, 3.05) is 22.4 Å². The highest BCUT2D eigenvalue weighted by Gasteiger charge is 2.10. The molecule has 2 N–H and O–H groups in total. The number of carbonyl (C=O) groups excluding carboxylic acids is 1. The number of carbonyl (C=O) groups is 1. The van der Waals surface area contributed by atoms with Crippen LogP contribution in [0.4, 0.5) is 11.4 Å². The lowest BCUT2D eigenvalue weighted by atomic mass is 10.2. The van der Waals surface area contributed by atoms with Gasteiger partial charge in [0, 0.05) is 16.9 Å². The number of rotatable bonds is 7. The molecule has 0 aliphatic rings. The summed E-state index contributed by atoms with van der Waals surface area (Å²) in [7, 11) is -3.38. The van der Waals surface area contributed by atoms with Gasteiger partial charge in [-0.15, -0.1) is 0 Å². The third-order valence-electron chi connectivity index (χ3n) is 3.20. The summed E-state index contributed by atoms with van der Waals surface area (Å²) >= 11 is 0. The summed E-state index contributed by atoms with van der Waals surface area (Å²) in [4.78, 5) is 12.3. The molecule has 0 fully saturated rings. The summed E-state index contributed by atoms with van der Waals surface area (Å²) in [6.45, 7) is 4.02. The molecule has 0 unspecified atom stereocenters. The number of benzene rings is 2. The Labute approximate surface area is 141 Å². The van der Waals surface area contributed by atoms with Crippen molar-refractivity contribution in [3.63, 3.8) is 0 Å². The van der Waals surface area contributed by atoms with Crippen molar-refractivity contribution in [1.82, 2.24) is 0 Å². The molecule has 2 rings (SSSR count). The van der Waals surface area contributed by atoms with Crippen LogP contribution < -0.4 is 14.8 Å². The van der Waals surface area contributed by atoms with E-state index in [2.05, 4.69) is 10.0 Å². The third kappa shape index (κ3) is 4.99. The molecule has 0 aliphatic heterocycles. The van der Waals surface area contributed by atoms with Crippen molar-refractivity contribution in [2.45, 2.75) is 13.8 Å². The van der Waals surface area contributed by atoms with Gasteiger partial charge in [0.2, 0.25) is 10.0 Å². The van der Waals surface area contributed by atoms with Crippen molar-refractivity contribution in [3.8, 4) is 5.75 Å². The van der Waals surface area contributed by atoms with Gasteiger partial charge in [0.15, 0.2) is 0 Å².